The van der Waals surface area contributed by atoms with Crippen LogP contribution in [0.2, 0.25) is 0 Å². The monoisotopic (exact) mass is 328 g/mol. The normalized spacial score (nSPS) is 10.7. The minimum Gasteiger partial charge on any atom is -0.238 e. The third-order valence-corrected chi connectivity index (χ3v) is 3.11. The van der Waals surface area contributed by atoms with Crippen LogP contribution in [0.25, 0.3) is 11.3 Å². The van der Waals surface area contributed by atoms with Gasteiger partial charge in [0.2, 0.25) is 0 Å². The fourth-order valence-electron chi connectivity index (χ4n) is 1.66. The van der Waals surface area contributed by atoms with E-state index in [-0.39, 0.29) is 5.82 Å². The van der Waals surface area contributed by atoms with E-state index < -0.39 is 0 Å². The first-order valence-corrected chi connectivity index (χ1v) is 6.79. The molecule has 0 unspecified atom stereocenters. The van der Waals surface area contributed by atoms with Crippen LogP contribution < -0.4 is 0 Å². The van der Waals surface area contributed by atoms with E-state index in [4.69, 9.17) is 11.6 Å². The average Bonchev–Trinajstić information content (AvgIpc) is 2.32. The van der Waals surface area contributed by atoms with Crippen LogP contribution in [0.15, 0.2) is 28.7 Å². The molecule has 0 N–H and O–H groups in total. The van der Waals surface area contributed by atoms with Crippen LogP contribution in [0.4, 0.5) is 4.39 Å². The van der Waals surface area contributed by atoms with Crippen molar-refractivity contribution in [2.75, 3.05) is 5.88 Å². The van der Waals surface area contributed by atoms with E-state index in [1.54, 1.807) is 18.2 Å². The quantitative estimate of drug-likeness (QED) is 0.791. The Kier molecular flexibility index (Phi) is 4.30. The van der Waals surface area contributed by atoms with Crippen molar-refractivity contribution >= 4 is 27.5 Å². The molecule has 0 aliphatic carbocycles. The highest BCUT2D eigenvalue weighted by molar-refractivity contribution is 9.10. The van der Waals surface area contributed by atoms with Crippen molar-refractivity contribution in [2.45, 2.75) is 13.3 Å². The first kappa shape index (κ1) is 13.4. The predicted octanol–water partition coefficient (Wildman–Crippen LogP) is 4.13. The van der Waals surface area contributed by atoms with Gasteiger partial charge in [-0.05, 0) is 31.2 Å². The molecule has 0 aliphatic heterocycles. The van der Waals surface area contributed by atoms with Gasteiger partial charge in [0.25, 0.3) is 0 Å². The van der Waals surface area contributed by atoms with Gasteiger partial charge in [0.05, 0.1) is 5.69 Å². The molecule has 0 spiro atoms. The van der Waals surface area contributed by atoms with Gasteiger partial charge in [0.15, 0.2) is 0 Å². The van der Waals surface area contributed by atoms with Gasteiger partial charge in [-0.2, -0.15) is 0 Å². The van der Waals surface area contributed by atoms with E-state index >= 15 is 0 Å². The number of hydrogen-bond acceptors (Lipinski definition) is 2. The Labute approximate surface area is 118 Å². The summed E-state index contributed by atoms with van der Waals surface area (Å²) in [5.41, 5.74) is 1.85. The third-order valence-electron chi connectivity index (χ3n) is 2.42. The number of halogens is 3. The Bertz CT molecular complexity index is 575. The Morgan fingerprint density at radius 1 is 1.28 bits per heavy atom. The predicted molar refractivity (Wildman–Crippen MR) is 74.3 cm³/mol. The molecular formula is C13H11BrClFN2. The first-order valence-electron chi connectivity index (χ1n) is 5.46. The van der Waals surface area contributed by atoms with Crippen molar-refractivity contribution in [2.24, 2.45) is 0 Å². The number of aromatic nitrogens is 2. The lowest BCUT2D eigenvalue weighted by atomic mass is 10.1. The van der Waals surface area contributed by atoms with Gasteiger partial charge < -0.3 is 0 Å². The second-order valence-electron chi connectivity index (χ2n) is 3.87. The summed E-state index contributed by atoms with van der Waals surface area (Å²) in [6, 6.07) is 6.55. The zero-order valence-electron chi connectivity index (χ0n) is 9.75. The second kappa shape index (κ2) is 5.76. The lowest BCUT2D eigenvalue weighted by Gasteiger charge is -2.07. The molecule has 1 aromatic carbocycles. The fraction of sp³-hybridized carbons (Fsp3) is 0.231. The van der Waals surface area contributed by atoms with E-state index in [1.165, 1.54) is 6.07 Å². The molecule has 2 rings (SSSR count). The van der Waals surface area contributed by atoms with E-state index in [9.17, 15) is 4.39 Å². The molecule has 0 saturated heterocycles. The van der Waals surface area contributed by atoms with Crippen molar-refractivity contribution in [1.82, 2.24) is 9.97 Å². The van der Waals surface area contributed by atoms with Crippen LogP contribution >= 0.6 is 27.5 Å². The van der Waals surface area contributed by atoms with Gasteiger partial charge in [-0.1, -0.05) is 15.9 Å². The van der Waals surface area contributed by atoms with E-state index in [1.807, 2.05) is 6.92 Å². The smallest absolute Gasteiger partial charge is 0.132 e. The second-order valence-corrected chi connectivity index (χ2v) is 5.17. The molecule has 18 heavy (non-hydrogen) atoms. The lowest BCUT2D eigenvalue weighted by Crippen LogP contribution is -2.00. The summed E-state index contributed by atoms with van der Waals surface area (Å²) >= 11 is 9.01. The molecule has 0 saturated carbocycles. The zero-order chi connectivity index (χ0) is 13.1. The van der Waals surface area contributed by atoms with Gasteiger partial charge >= 0.3 is 0 Å². The molecule has 0 atom stereocenters. The fourth-order valence-corrected chi connectivity index (χ4v) is 2.19. The van der Waals surface area contributed by atoms with Crippen molar-refractivity contribution < 1.29 is 4.39 Å². The lowest BCUT2D eigenvalue weighted by molar-refractivity contribution is 0.630. The van der Waals surface area contributed by atoms with Crippen molar-refractivity contribution in [3.8, 4) is 11.3 Å². The number of aryl methyl sites for hydroxylation is 2. The van der Waals surface area contributed by atoms with Crippen LogP contribution in [0.3, 0.4) is 0 Å². The zero-order valence-corrected chi connectivity index (χ0v) is 12.1. The molecule has 0 fully saturated rings. The standard InChI is InChI=1S/C13H11BrClFN2/c1-8-6-12(18-13(17-8)4-5-15)10-7-9(14)2-3-11(10)16/h2-3,6-7H,4-5H2,1H3. The highest BCUT2D eigenvalue weighted by atomic mass is 79.9. The molecule has 0 bridgehead atoms. The summed E-state index contributed by atoms with van der Waals surface area (Å²) in [6.07, 6.45) is 0.575. The molecule has 0 aliphatic rings. The molecule has 1 aromatic heterocycles. The molecule has 0 amide bonds. The molecule has 2 nitrogen and oxygen atoms in total. The third kappa shape index (κ3) is 3.06. The van der Waals surface area contributed by atoms with Gasteiger partial charge in [-0.15, -0.1) is 11.6 Å². The summed E-state index contributed by atoms with van der Waals surface area (Å²) in [4.78, 5) is 8.61. The van der Waals surface area contributed by atoms with E-state index in [0.29, 0.717) is 29.4 Å². The summed E-state index contributed by atoms with van der Waals surface area (Å²) in [6.45, 7) is 1.86. The maximum absolute atomic E-state index is 13.8. The maximum Gasteiger partial charge on any atom is 0.132 e. The highest BCUT2D eigenvalue weighted by Crippen LogP contribution is 2.25. The summed E-state index contributed by atoms with van der Waals surface area (Å²) in [7, 11) is 0. The van der Waals surface area contributed by atoms with Gasteiger partial charge in [0, 0.05) is 28.0 Å². The first-order chi connectivity index (χ1) is 8.60. The Balaban J connectivity index is 2.52. The summed E-state index contributed by atoms with van der Waals surface area (Å²) in [5.74, 6) is 0.789. The van der Waals surface area contributed by atoms with Gasteiger partial charge in [-0.3, -0.25) is 0 Å². The van der Waals surface area contributed by atoms with Crippen LogP contribution in [0.1, 0.15) is 11.5 Å². The van der Waals surface area contributed by atoms with Crippen LogP contribution in [-0.2, 0) is 6.42 Å². The van der Waals surface area contributed by atoms with Crippen molar-refractivity contribution in [3.63, 3.8) is 0 Å². The molecule has 5 heteroatoms. The molecule has 2 aromatic rings. The Morgan fingerprint density at radius 2 is 2.06 bits per heavy atom. The minimum atomic E-state index is -0.298. The number of hydrogen-bond donors (Lipinski definition) is 0. The summed E-state index contributed by atoms with van der Waals surface area (Å²) < 4.78 is 14.6. The Morgan fingerprint density at radius 3 is 2.78 bits per heavy atom. The van der Waals surface area contributed by atoms with Crippen LogP contribution in [0, 0.1) is 12.7 Å². The molecular weight excluding hydrogens is 319 g/mol. The van der Waals surface area contributed by atoms with Crippen molar-refractivity contribution in [1.29, 1.82) is 0 Å². The Hall–Kier alpha value is -1.000. The van der Waals surface area contributed by atoms with Crippen LogP contribution in [-0.4, -0.2) is 15.8 Å². The highest BCUT2D eigenvalue weighted by Gasteiger charge is 2.09. The van der Waals surface area contributed by atoms with Gasteiger partial charge in [0.1, 0.15) is 11.6 Å². The minimum absolute atomic E-state index is 0.298. The SMILES string of the molecule is Cc1cc(-c2cc(Br)ccc2F)nc(CCCl)n1. The maximum atomic E-state index is 13.8. The molecule has 1 heterocycles. The number of rotatable bonds is 3. The topological polar surface area (TPSA) is 25.8 Å². The molecule has 94 valence electrons. The largest absolute Gasteiger partial charge is 0.238 e. The number of benzene rings is 1. The molecule has 0 radical (unpaired) electrons. The average molecular weight is 330 g/mol. The van der Waals surface area contributed by atoms with Crippen molar-refractivity contribution in [3.05, 3.63) is 46.1 Å². The number of alkyl halides is 1. The number of nitrogens with zero attached hydrogens (tertiary/aromatic N) is 2. The van der Waals surface area contributed by atoms with Crippen LogP contribution in [0.5, 0.6) is 0 Å². The summed E-state index contributed by atoms with van der Waals surface area (Å²) in [5, 5.41) is 0. The van der Waals surface area contributed by atoms with E-state index in [0.717, 1.165) is 10.2 Å². The van der Waals surface area contributed by atoms with Gasteiger partial charge in [-0.25, -0.2) is 14.4 Å². The van der Waals surface area contributed by atoms with E-state index in [2.05, 4.69) is 25.9 Å².